The predicted molar refractivity (Wildman–Crippen MR) is 68.4 cm³/mol. The first-order chi connectivity index (χ1) is 8.29. The lowest BCUT2D eigenvalue weighted by molar-refractivity contribution is 0.0685. The van der Waals surface area contributed by atoms with E-state index >= 15 is 0 Å². The van der Waals surface area contributed by atoms with Crippen LogP contribution in [0, 0.1) is 5.92 Å². The van der Waals surface area contributed by atoms with Crippen LogP contribution in [0.3, 0.4) is 0 Å². The van der Waals surface area contributed by atoms with Gasteiger partial charge in [0, 0.05) is 39.9 Å². The van der Waals surface area contributed by atoms with Crippen LogP contribution in [0.1, 0.15) is 12.8 Å². The standard InChI is InChI=1S/C12H20N4O/c1-13-11-7-12(15-9-14-11)16(2)8-10-3-5-17-6-4-10/h7,9-10H,3-6,8H2,1-2H3,(H,13,14,15). The molecule has 1 saturated heterocycles. The van der Waals surface area contributed by atoms with Crippen LogP contribution >= 0.6 is 0 Å². The van der Waals surface area contributed by atoms with Gasteiger partial charge in [0.2, 0.25) is 0 Å². The Kier molecular flexibility index (Phi) is 4.14. The van der Waals surface area contributed by atoms with Gasteiger partial charge in [0.15, 0.2) is 0 Å². The second-order valence-corrected chi connectivity index (χ2v) is 4.45. The van der Waals surface area contributed by atoms with Crippen molar-refractivity contribution in [3.63, 3.8) is 0 Å². The van der Waals surface area contributed by atoms with Crippen molar-refractivity contribution >= 4 is 11.6 Å². The van der Waals surface area contributed by atoms with E-state index in [9.17, 15) is 0 Å². The summed E-state index contributed by atoms with van der Waals surface area (Å²) in [5.41, 5.74) is 0. The molecule has 0 spiro atoms. The van der Waals surface area contributed by atoms with Gasteiger partial charge >= 0.3 is 0 Å². The van der Waals surface area contributed by atoms with Gasteiger partial charge in [0.05, 0.1) is 0 Å². The number of hydrogen-bond acceptors (Lipinski definition) is 5. The normalized spacial score (nSPS) is 16.8. The summed E-state index contributed by atoms with van der Waals surface area (Å²) in [7, 11) is 3.95. The molecule has 2 heterocycles. The monoisotopic (exact) mass is 236 g/mol. The minimum Gasteiger partial charge on any atom is -0.381 e. The molecule has 1 fully saturated rings. The quantitative estimate of drug-likeness (QED) is 0.856. The lowest BCUT2D eigenvalue weighted by Crippen LogP contribution is -2.30. The average molecular weight is 236 g/mol. The lowest BCUT2D eigenvalue weighted by atomic mass is 10.00. The molecular formula is C12H20N4O. The third-order valence-electron chi connectivity index (χ3n) is 3.17. The first-order valence-corrected chi connectivity index (χ1v) is 6.08. The Morgan fingerprint density at radius 1 is 1.41 bits per heavy atom. The molecule has 1 aromatic heterocycles. The molecule has 0 atom stereocenters. The number of aromatic nitrogens is 2. The van der Waals surface area contributed by atoms with E-state index in [4.69, 9.17) is 4.74 Å². The molecule has 0 radical (unpaired) electrons. The Labute approximate surface area is 102 Å². The minimum absolute atomic E-state index is 0.710. The van der Waals surface area contributed by atoms with E-state index in [1.807, 2.05) is 13.1 Å². The molecule has 94 valence electrons. The van der Waals surface area contributed by atoms with Crippen LogP contribution in [0.5, 0.6) is 0 Å². The minimum atomic E-state index is 0.710. The summed E-state index contributed by atoms with van der Waals surface area (Å²) in [5.74, 6) is 2.53. The zero-order valence-electron chi connectivity index (χ0n) is 10.5. The van der Waals surface area contributed by atoms with Gasteiger partial charge in [-0.3, -0.25) is 0 Å². The second-order valence-electron chi connectivity index (χ2n) is 4.45. The molecule has 2 rings (SSSR count). The molecule has 0 aromatic carbocycles. The number of nitrogens with one attached hydrogen (secondary N) is 1. The first-order valence-electron chi connectivity index (χ1n) is 6.08. The molecule has 1 aromatic rings. The van der Waals surface area contributed by atoms with Crippen molar-refractivity contribution in [1.82, 2.24) is 9.97 Å². The number of rotatable bonds is 4. The van der Waals surface area contributed by atoms with Crippen molar-refractivity contribution in [3.8, 4) is 0 Å². The summed E-state index contributed by atoms with van der Waals surface area (Å²) in [6, 6.07) is 1.97. The zero-order chi connectivity index (χ0) is 12.1. The van der Waals surface area contributed by atoms with Crippen molar-refractivity contribution in [3.05, 3.63) is 12.4 Å². The summed E-state index contributed by atoms with van der Waals surface area (Å²) in [6.07, 6.45) is 3.89. The van der Waals surface area contributed by atoms with E-state index in [1.54, 1.807) is 6.33 Å². The summed E-state index contributed by atoms with van der Waals surface area (Å²) in [4.78, 5) is 10.6. The molecule has 17 heavy (non-hydrogen) atoms. The molecule has 0 saturated carbocycles. The lowest BCUT2D eigenvalue weighted by Gasteiger charge is -2.27. The Hall–Kier alpha value is -1.36. The van der Waals surface area contributed by atoms with Gasteiger partial charge in [0.1, 0.15) is 18.0 Å². The van der Waals surface area contributed by atoms with Gasteiger partial charge < -0.3 is 15.0 Å². The van der Waals surface area contributed by atoms with Crippen LogP contribution in [0.4, 0.5) is 11.6 Å². The summed E-state index contributed by atoms with van der Waals surface area (Å²) in [5, 5.41) is 3.03. The molecule has 1 aliphatic heterocycles. The van der Waals surface area contributed by atoms with Crippen LogP contribution in [0.15, 0.2) is 12.4 Å². The van der Waals surface area contributed by atoms with Crippen LogP contribution in [-0.2, 0) is 4.74 Å². The third-order valence-corrected chi connectivity index (χ3v) is 3.17. The fourth-order valence-electron chi connectivity index (χ4n) is 2.10. The van der Waals surface area contributed by atoms with Gasteiger partial charge in [-0.05, 0) is 18.8 Å². The fraction of sp³-hybridized carbons (Fsp3) is 0.667. The second kappa shape index (κ2) is 5.82. The van der Waals surface area contributed by atoms with Gasteiger partial charge in [0.25, 0.3) is 0 Å². The van der Waals surface area contributed by atoms with Crippen LogP contribution in [-0.4, -0.2) is 43.8 Å². The zero-order valence-corrected chi connectivity index (χ0v) is 10.5. The molecule has 1 aliphatic rings. The first kappa shape index (κ1) is 12.1. The molecular weight excluding hydrogens is 216 g/mol. The Morgan fingerprint density at radius 3 is 2.88 bits per heavy atom. The van der Waals surface area contributed by atoms with Crippen molar-refractivity contribution < 1.29 is 4.74 Å². The van der Waals surface area contributed by atoms with E-state index in [2.05, 4.69) is 27.2 Å². The smallest absolute Gasteiger partial charge is 0.133 e. The molecule has 5 nitrogen and oxygen atoms in total. The molecule has 0 unspecified atom stereocenters. The van der Waals surface area contributed by atoms with Gasteiger partial charge in [-0.15, -0.1) is 0 Å². The maximum atomic E-state index is 5.37. The van der Waals surface area contributed by atoms with E-state index in [1.165, 1.54) is 0 Å². The van der Waals surface area contributed by atoms with E-state index < -0.39 is 0 Å². The van der Waals surface area contributed by atoms with Crippen molar-refractivity contribution in [2.45, 2.75) is 12.8 Å². The van der Waals surface area contributed by atoms with Gasteiger partial charge in [-0.2, -0.15) is 0 Å². The van der Waals surface area contributed by atoms with E-state index in [0.717, 1.165) is 44.2 Å². The highest BCUT2D eigenvalue weighted by atomic mass is 16.5. The molecule has 0 bridgehead atoms. The highest BCUT2D eigenvalue weighted by Gasteiger charge is 2.16. The van der Waals surface area contributed by atoms with Crippen molar-refractivity contribution in [2.24, 2.45) is 5.92 Å². The molecule has 1 N–H and O–H groups in total. The summed E-state index contributed by atoms with van der Waals surface area (Å²) < 4.78 is 5.37. The summed E-state index contributed by atoms with van der Waals surface area (Å²) in [6.45, 7) is 2.82. The van der Waals surface area contributed by atoms with Gasteiger partial charge in [-0.1, -0.05) is 0 Å². The molecule has 0 aliphatic carbocycles. The number of ether oxygens (including phenoxy) is 1. The number of hydrogen-bond donors (Lipinski definition) is 1. The molecule has 5 heteroatoms. The Bertz CT molecular complexity index is 352. The Balaban J connectivity index is 1.95. The molecule has 0 amide bonds. The van der Waals surface area contributed by atoms with Crippen LogP contribution in [0.2, 0.25) is 0 Å². The topological polar surface area (TPSA) is 50.3 Å². The SMILES string of the molecule is CNc1cc(N(C)CC2CCOCC2)ncn1. The largest absolute Gasteiger partial charge is 0.381 e. The van der Waals surface area contributed by atoms with E-state index in [-0.39, 0.29) is 0 Å². The van der Waals surface area contributed by atoms with Crippen LogP contribution in [0.25, 0.3) is 0 Å². The highest BCUT2D eigenvalue weighted by molar-refractivity contribution is 5.47. The highest BCUT2D eigenvalue weighted by Crippen LogP contribution is 2.19. The summed E-state index contributed by atoms with van der Waals surface area (Å²) >= 11 is 0. The number of nitrogens with zero attached hydrogens (tertiary/aromatic N) is 3. The third kappa shape index (κ3) is 3.30. The van der Waals surface area contributed by atoms with E-state index in [0.29, 0.717) is 5.92 Å². The van der Waals surface area contributed by atoms with Crippen molar-refractivity contribution in [2.75, 3.05) is 44.1 Å². The number of anilines is 2. The Morgan fingerprint density at radius 2 is 2.18 bits per heavy atom. The fourth-order valence-corrected chi connectivity index (χ4v) is 2.10. The predicted octanol–water partition coefficient (Wildman–Crippen LogP) is 1.38. The van der Waals surface area contributed by atoms with Crippen LogP contribution < -0.4 is 10.2 Å². The van der Waals surface area contributed by atoms with Gasteiger partial charge in [-0.25, -0.2) is 9.97 Å². The van der Waals surface area contributed by atoms with Crippen molar-refractivity contribution in [1.29, 1.82) is 0 Å². The maximum Gasteiger partial charge on any atom is 0.133 e. The average Bonchev–Trinajstić information content (AvgIpc) is 2.40. The maximum absolute atomic E-state index is 5.37.